The first-order chi connectivity index (χ1) is 17.7. The second-order valence-corrected chi connectivity index (χ2v) is 10.1. The topological polar surface area (TPSA) is 76.1 Å². The predicted octanol–water partition coefficient (Wildman–Crippen LogP) is 6.41. The van der Waals surface area contributed by atoms with Crippen molar-refractivity contribution in [1.29, 1.82) is 0 Å². The molecule has 1 heterocycles. The Kier molecular flexibility index (Phi) is 7.39. The Morgan fingerprint density at radius 2 is 1.62 bits per heavy atom. The van der Waals surface area contributed by atoms with Gasteiger partial charge in [-0.15, -0.1) is 0 Å². The van der Waals surface area contributed by atoms with Crippen LogP contribution in [0.5, 0.6) is 11.5 Å². The van der Waals surface area contributed by atoms with E-state index >= 15 is 0 Å². The van der Waals surface area contributed by atoms with E-state index in [2.05, 4.69) is 20.8 Å². The number of aliphatic hydroxyl groups excluding tert-OH is 1. The highest BCUT2D eigenvalue weighted by molar-refractivity contribution is 6.51. The third kappa shape index (κ3) is 5.24. The first-order valence-corrected chi connectivity index (χ1v) is 12.4. The van der Waals surface area contributed by atoms with Crippen molar-refractivity contribution in [1.82, 2.24) is 0 Å². The van der Waals surface area contributed by atoms with Gasteiger partial charge in [0.05, 0.1) is 25.3 Å². The molecule has 0 radical (unpaired) electrons. The van der Waals surface area contributed by atoms with Crippen LogP contribution in [0, 0.1) is 0 Å². The lowest BCUT2D eigenvalue weighted by atomic mass is 9.85. The summed E-state index contributed by atoms with van der Waals surface area (Å²) in [6, 6.07) is 20.9. The van der Waals surface area contributed by atoms with Crippen molar-refractivity contribution in [2.24, 2.45) is 0 Å². The Bertz CT molecular complexity index is 1320. The molecule has 0 aliphatic carbocycles. The lowest BCUT2D eigenvalue weighted by molar-refractivity contribution is -0.132. The molecule has 1 amide bonds. The van der Waals surface area contributed by atoms with E-state index in [4.69, 9.17) is 9.47 Å². The van der Waals surface area contributed by atoms with Gasteiger partial charge in [0.1, 0.15) is 17.3 Å². The summed E-state index contributed by atoms with van der Waals surface area (Å²) in [5.41, 5.74) is 2.77. The van der Waals surface area contributed by atoms with Crippen LogP contribution in [-0.2, 0) is 15.0 Å². The molecule has 0 saturated carbocycles. The number of ketones is 1. The van der Waals surface area contributed by atoms with E-state index in [1.807, 2.05) is 31.2 Å². The van der Waals surface area contributed by atoms with E-state index in [-0.39, 0.29) is 16.7 Å². The molecule has 6 nitrogen and oxygen atoms in total. The molecule has 6 heteroatoms. The Hall–Kier alpha value is -4.06. The smallest absolute Gasteiger partial charge is 0.300 e. The summed E-state index contributed by atoms with van der Waals surface area (Å²) in [6.45, 7) is 8.98. The molecule has 1 aliphatic rings. The zero-order chi connectivity index (χ0) is 26.7. The fourth-order valence-corrected chi connectivity index (χ4v) is 4.42. The van der Waals surface area contributed by atoms with Crippen LogP contribution in [-0.4, -0.2) is 30.5 Å². The monoisotopic (exact) mass is 499 g/mol. The van der Waals surface area contributed by atoms with Gasteiger partial charge >= 0.3 is 0 Å². The number of carbonyl (C=O) groups is 2. The van der Waals surface area contributed by atoms with Crippen LogP contribution in [0.4, 0.5) is 5.69 Å². The van der Waals surface area contributed by atoms with Crippen LogP contribution in [0.3, 0.4) is 0 Å². The molecular formula is C31H33NO5. The van der Waals surface area contributed by atoms with E-state index in [9.17, 15) is 14.7 Å². The largest absolute Gasteiger partial charge is 0.507 e. The van der Waals surface area contributed by atoms with Crippen LogP contribution in [0.25, 0.3) is 5.76 Å². The first-order valence-electron chi connectivity index (χ1n) is 12.4. The van der Waals surface area contributed by atoms with Gasteiger partial charge in [0.2, 0.25) is 0 Å². The van der Waals surface area contributed by atoms with Crippen molar-refractivity contribution >= 4 is 23.1 Å². The maximum absolute atomic E-state index is 13.4. The van der Waals surface area contributed by atoms with Gasteiger partial charge in [-0.05, 0) is 59.4 Å². The van der Waals surface area contributed by atoms with E-state index in [1.165, 1.54) is 4.90 Å². The number of rotatable bonds is 7. The molecule has 3 aromatic rings. The molecular weight excluding hydrogens is 466 g/mol. The number of carbonyl (C=O) groups excluding carboxylic acids is 2. The summed E-state index contributed by atoms with van der Waals surface area (Å²) < 4.78 is 11.0. The van der Waals surface area contributed by atoms with Gasteiger partial charge in [-0.2, -0.15) is 0 Å². The summed E-state index contributed by atoms with van der Waals surface area (Å²) in [5.74, 6) is -0.441. The standard InChI is InChI=1S/C31H33NO5/c1-6-18-37-24-16-12-21(13-17-24)28(33)26-27(20-10-14-22(15-11-20)31(2,3)4)32(30(35)29(26)34)23-8-7-9-25(19-23)36-5/h7-17,19,27,33H,6,18H2,1-5H3/b28-26+. The van der Waals surface area contributed by atoms with Crippen molar-refractivity contribution in [3.63, 3.8) is 0 Å². The lowest BCUT2D eigenvalue weighted by Gasteiger charge is -2.27. The number of methoxy groups -OCH3 is 1. The number of nitrogens with zero attached hydrogens (tertiary/aromatic N) is 1. The Labute approximate surface area is 218 Å². The highest BCUT2D eigenvalue weighted by Gasteiger charge is 2.47. The van der Waals surface area contributed by atoms with Gasteiger partial charge < -0.3 is 14.6 Å². The van der Waals surface area contributed by atoms with Gasteiger partial charge in [-0.25, -0.2) is 0 Å². The minimum atomic E-state index is -0.808. The molecule has 1 aliphatic heterocycles. The van der Waals surface area contributed by atoms with Gasteiger partial charge in [0, 0.05) is 17.3 Å². The molecule has 1 fully saturated rings. The number of hydrogen-bond acceptors (Lipinski definition) is 5. The molecule has 4 rings (SSSR count). The van der Waals surface area contributed by atoms with Gasteiger partial charge in [-0.3, -0.25) is 14.5 Å². The molecule has 37 heavy (non-hydrogen) atoms. The van der Waals surface area contributed by atoms with E-state index in [1.54, 1.807) is 55.6 Å². The molecule has 1 saturated heterocycles. The summed E-state index contributed by atoms with van der Waals surface area (Å²) in [5, 5.41) is 11.4. The molecule has 1 unspecified atom stereocenters. The van der Waals surface area contributed by atoms with Gasteiger partial charge in [0.15, 0.2) is 0 Å². The van der Waals surface area contributed by atoms with E-state index in [0.717, 1.165) is 17.5 Å². The molecule has 1 atom stereocenters. The number of benzene rings is 3. The SMILES string of the molecule is CCCOc1ccc(/C(O)=C2\C(=O)C(=O)N(c3cccc(OC)c3)C2c2ccc(C(C)(C)C)cc2)cc1. The summed E-state index contributed by atoms with van der Waals surface area (Å²) >= 11 is 0. The third-order valence-corrected chi connectivity index (χ3v) is 6.47. The fourth-order valence-electron chi connectivity index (χ4n) is 4.42. The van der Waals surface area contributed by atoms with Crippen LogP contribution < -0.4 is 14.4 Å². The normalized spacial score (nSPS) is 17.2. The predicted molar refractivity (Wildman–Crippen MR) is 145 cm³/mol. The highest BCUT2D eigenvalue weighted by Crippen LogP contribution is 2.43. The number of ether oxygens (including phenoxy) is 2. The van der Waals surface area contributed by atoms with E-state index < -0.39 is 17.7 Å². The summed E-state index contributed by atoms with van der Waals surface area (Å²) in [4.78, 5) is 28.2. The Morgan fingerprint density at radius 1 is 0.946 bits per heavy atom. The second kappa shape index (κ2) is 10.5. The minimum Gasteiger partial charge on any atom is -0.507 e. The van der Waals surface area contributed by atoms with Crippen LogP contribution in [0.1, 0.15) is 56.8 Å². The van der Waals surface area contributed by atoms with Crippen molar-refractivity contribution in [2.45, 2.75) is 45.6 Å². The van der Waals surface area contributed by atoms with Crippen LogP contribution in [0.2, 0.25) is 0 Å². The zero-order valence-corrected chi connectivity index (χ0v) is 21.9. The molecule has 1 N–H and O–H groups in total. The molecule has 0 aromatic heterocycles. The molecule has 0 spiro atoms. The molecule has 3 aromatic carbocycles. The fraction of sp³-hybridized carbons (Fsp3) is 0.290. The van der Waals surface area contributed by atoms with E-state index in [0.29, 0.717) is 29.4 Å². The zero-order valence-electron chi connectivity index (χ0n) is 21.9. The maximum atomic E-state index is 13.4. The van der Waals surface area contributed by atoms with Gasteiger partial charge in [-0.1, -0.05) is 58.0 Å². The number of Topliss-reactive ketones (excluding diaryl/α,β-unsaturated/α-hetero) is 1. The molecule has 0 bridgehead atoms. The Morgan fingerprint density at radius 3 is 2.22 bits per heavy atom. The minimum absolute atomic E-state index is 0.0403. The van der Waals surface area contributed by atoms with Crippen LogP contribution >= 0.6 is 0 Å². The Balaban J connectivity index is 1.86. The second-order valence-electron chi connectivity index (χ2n) is 10.1. The van der Waals surface area contributed by atoms with Crippen LogP contribution in [0.15, 0.2) is 78.4 Å². The number of hydrogen-bond donors (Lipinski definition) is 1. The summed E-state index contributed by atoms with van der Waals surface area (Å²) in [6.07, 6.45) is 0.878. The summed E-state index contributed by atoms with van der Waals surface area (Å²) in [7, 11) is 1.55. The quantitative estimate of drug-likeness (QED) is 0.231. The number of aliphatic hydroxyl groups is 1. The van der Waals surface area contributed by atoms with Crippen molar-refractivity contribution in [3.8, 4) is 11.5 Å². The lowest BCUT2D eigenvalue weighted by Crippen LogP contribution is -2.29. The third-order valence-electron chi connectivity index (χ3n) is 6.47. The maximum Gasteiger partial charge on any atom is 0.300 e. The average Bonchev–Trinajstić information content (AvgIpc) is 3.17. The van der Waals surface area contributed by atoms with Crippen molar-refractivity contribution in [3.05, 3.63) is 95.1 Å². The average molecular weight is 500 g/mol. The van der Waals surface area contributed by atoms with Crippen molar-refractivity contribution < 1.29 is 24.2 Å². The highest BCUT2D eigenvalue weighted by atomic mass is 16.5. The van der Waals surface area contributed by atoms with Gasteiger partial charge in [0.25, 0.3) is 11.7 Å². The molecule has 192 valence electrons. The first kappa shape index (κ1) is 26.0. The number of amides is 1. The number of anilines is 1. The van der Waals surface area contributed by atoms with Crippen molar-refractivity contribution in [2.75, 3.05) is 18.6 Å².